The van der Waals surface area contributed by atoms with Gasteiger partial charge < -0.3 is 20.7 Å². The number of hydrogen-bond acceptors (Lipinski definition) is 5. The molecule has 3 amide bonds. The molecule has 1 unspecified atom stereocenters. The molecule has 7 nitrogen and oxygen atoms in total. The fourth-order valence-electron chi connectivity index (χ4n) is 3.75. The molecule has 0 fully saturated rings. The highest BCUT2D eigenvalue weighted by molar-refractivity contribution is 8.00. The number of rotatable bonds is 10. The van der Waals surface area contributed by atoms with E-state index < -0.39 is 17.1 Å². The molecule has 0 aliphatic heterocycles. The van der Waals surface area contributed by atoms with Crippen molar-refractivity contribution in [1.82, 2.24) is 5.32 Å². The molecule has 4 rings (SSSR count). The van der Waals surface area contributed by atoms with Crippen LogP contribution in [-0.4, -0.2) is 30.1 Å². The lowest BCUT2D eigenvalue weighted by Crippen LogP contribution is -2.30. The number of anilines is 2. The van der Waals surface area contributed by atoms with Crippen LogP contribution in [0, 0.1) is 0 Å². The van der Waals surface area contributed by atoms with Crippen LogP contribution in [0.5, 0.6) is 5.75 Å². The van der Waals surface area contributed by atoms with Gasteiger partial charge in [-0.2, -0.15) is 0 Å². The van der Waals surface area contributed by atoms with Crippen LogP contribution in [0.2, 0.25) is 10.0 Å². The van der Waals surface area contributed by atoms with Crippen LogP contribution in [0.15, 0.2) is 108 Å². The third kappa shape index (κ3) is 8.88. The quantitative estimate of drug-likeness (QED) is 0.126. The van der Waals surface area contributed by atoms with E-state index in [1.807, 2.05) is 6.07 Å². The number of hydrogen-bond donors (Lipinski definition) is 3. The van der Waals surface area contributed by atoms with Crippen molar-refractivity contribution in [3.8, 4) is 5.75 Å². The number of ether oxygens (including phenoxy) is 1. The monoisotopic (exact) mass is 619 g/mol. The van der Waals surface area contributed by atoms with Gasteiger partial charge >= 0.3 is 0 Å². The highest BCUT2D eigenvalue weighted by atomic mass is 35.5. The third-order valence-corrected chi connectivity index (χ3v) is 7.43. The molecule has 0 heterocycles. The number of benzene rings is 4. The Labute approximate surface area is 258 Å². The van der Waals surface area contributed by atoms with Gasteiger partial charge in [-0.15, -0.1) is 11.8 Å². The van der Waals surface area contributed by atoms with Crippen molar-refractivity contribution < 1.29 is 19.1 Å². The molecule has 0 saturated heterocycles. The molecule has 0 spiro atoms. The first-order valence-electron chi connectivity index (χ1n) is 12.8. The largest absolute Gasteiger partial charge is 0.497 e. The van der Waals surface area contributed by atoms with Gasteiger partial charge in [-0.3, -0.25) is 14.4 Å². The van der Waals surface area contributed by atoms with Crippen molar-refractivity contribution in [1.29, 1.82) is 0 Å². The molecule has 0 aliphatic carbocycles. The Morgan fingerprint density at radius 3 is 2.07 bits per heavy atom. The lowest BCUT2D eigenvalue weighted by Gasteiger charge is -2.14. The standard InChI is InChI=1S/C32H27Cl2N3O4S/c1-20(30(38)36-26-18-23(33)17-24(34)19-26)42-28-14-10-25(11-15-28)35-32(40)29(16-21-8-12-27(41-2)13-9-21)37-31(39)22-6-4-3-5-7-22/h3-20H,1-2H3,(H,35,40)(H,36,38)(H,37,39)/b29-16-. The van der Waals surface area contributed by atoms with Crippen molar-refractivity contribution in [2.24, 2.45) is 0 Å². The lowest BCUT2D eigenvalue weighted by atomic mass is 10.1. The summed E-state index contributed by atoms with van der Waals surface area (Å²) in [6.07, 6.45) is 1.59. The van der Waals surface area contributed by atoms with Crippen molar-refractivity contribution in [2.45, 2.75) is 17.1 Å². The highest BCUT2D eigenvalue weighted by Gasteiger charge is 2.17. The third-order valence-electron chi connectivity index (χ3n) is 5.88. The summed E-state index contributed by atoms with van der Waals surface area (Å²) in [5, 5.41) is 8.80. The minimum absolute atomic E-state index is 0.0684. The lowest BCUT2D eigenvalue weighted by molar-refractivity contribution is -0.115. The molecule has 0 radical (unpaired) electrons. The Morgan fingerprint density at radius 2 is 1.45 bits per heavy atom. The molecule has 42 heavy (non-hydrogen) atoms. The molecular formula is C32H27Cl2N3O4S. The summed E-state index contributed by atoms with van der Waals surface area (Å²) >= 11 is 13.4. The van der Waals surface area contributed by atoms with Gasteiger partial charge in [-0.05, 0) is 85.3 Å². The molecule has 0 aromatic heterocycles. The predicted octanol–water partition coefficient (Wildman–Crippen LogP) is 7.53. The van der Waals surface area contributed by atoms with E-state index in [9.17, 15) is 14.4 Å². The summed E-state index contributed by atoms with van der Waals surface area (Å²) in [5.74, 6) is -0.448. The Morgan fingerprint density at radius 1 is 0.810 bits per heavy atom. The molecule has 3 N–H and O–H groups in total. The topological polar surface area (TPSA) is 96.5 Å². The number of nitrogens with one attached hydrogen (secondary N) is 3. The zero-order valence-corrected chi connectivity index (χ0v) is 25.0. The Bertz CT molecular complexity index is 1570. The van der Waals surface area contributed by atoms with E-state index in [4.69, 9.17) is 27.9 Å². The van der Waals surface area contributed by atoms with E-state index in [-0.39, 0.29) is 11.6 Å². The number of carbonyl (C=O) groups excluding carboxylic acids is 3. The summed E-state index contributed by atoms with van der Waals surface area (Å²) in [4.78, 5) is 39.6. The van der Waals surface area contributed by atoms with Crippen LogP contribution in [0.1, 0.15) is 22.8 Å². The van der Waals surface area contributed by atoms with Crippen molar-refractivity contribution in [2.75, 3.05) is 17.7 Å². The van der Waals surface area contributed by atoms with Crippen LogP contribution in [0.25, 0.3) is 6.08 Å². The van der Waals surface area contributed by atoms with Crippen molar-refractivity contribution in [3.63, 3.8) is 0 Å². The van der Waals surface area contributed by atoms with Crippen LogP contribution in [0.4, 0.5) is 11.4 Å². The van der Waals surface area contributed by atoms with Gasteiger partial charge in [0.15, 0.2) is 0 Å². The van der Waals surface area contributed by atoms with Gasteiger partial charge in [0.2, 0.25) is 5.91 Å². The van der Waals surface area contributed by atoms with Crippen LogP contribution in [0.3, 0.4) is 0 Å². The molecule has 1 atom stereocenters. The molecule has 4 aromatic carbocycles. The van der Waals surface area contributed by atoms with E-state index in [0.717, 1.165) is 4.90 Å². The SMILES string of the molecule is COc1ccc(/C=C(\NC(=O)c2ccccc2)C(=O)Nc2ccc(SC(C)C(=O)Nc3cc(Cl)cc(Cl)c3)cc2)cc1. The molecule has 214 valence electrons. The Hall–Kier alpha value is -4.24. The first-order chi connectivity index (χ1) is 20.2. The van der Waals surface area contributed by atoms with Crippen LogP contribution >= 0.6 is 35.0 Å². The zero-order valence-electron chi connectivity index (χ0n) is 22.7. The molecule has 0 saturated carbocycles. The number of amides is 3. The van der Waals surface area contributed by atoms with Gasteiger partial charge in [0.1, 0.15) is 11.4 Å². The molecular weight excluding hydrogens is 593 g/mol. The Balaban J connectivity index is 1.43. The summed E-state index contributed by atoms with van der Waals surface area (Å²) in [6, 6.07) is 27.6. The zero-order chi connectivity index (χ0) is 30.1. The molecule has 10 heteroatoms. The van der Waals surface area contributed by atoms with Crippen LogP contribution in [-0.2, 0) is 9.59 Å². The Kier molecular flexibility index (Phi) is 10.7. The van der Waals surface area contributed by atoms with E-state index in [0.29, 0.717) is 38.3 Å². The highest BCUT2D eigenvalue weighted by Crippen LogP contribution is 2.27. The first kappa shape index (κ1) is 30.7. The summed E-state index contributed by atoms with van der Waals surface area (Å²) in [7, 11) is 1.57. The number of methoxy groups -OCH3 is 1. The maximum atomic E-state index is 13.3. The van der Waals surface area contributed by atoms with Gasteiger partial charge in [-0.1, -0.05) is 53.5 Å². The van der Waals surface area contributed by atoms with Gasteiger partial charge in [-0.25, -0.2) is 0 Å². The van der Waals surface area contributed by atoms with Gasteiger partial charge in [0.25, 0.3) is 11.8 Å². The van der Waals surface area contributed by atoms with Crippen molar-refractivity contribution >= 4 is 70.1 Å². The van der Waals surface area contributed by atoms with E-state index >= 15 is 0 Å². The number of carbonyl (C=O) groups is 3. The molecule has 4 aromatic rings. The van der Waals surface area contributed by atoms with Gasteiger partial charge in [0, 0.05) is 31.9 Å². The molecule has 0 bridgehead atoms. The minimum atomic E-state index is -0.497. The second-order valence-corrected chi connectivity index (χ2v) is 11.3. The van der Waals surface area contributed by atoms with Crippen LogP contribution < -0.4 is 20.7 Å². The maximum Gasteiger partial charge on any atom is 0.272 e. The average Bonchev–Trinajstić information content (AvgIpc) is 2.98. The maximum absolute atomic E-state index is 13.3. The molecule has 0 aliphatic rings. The smallest absolute Gasteiger partial charge is 0.272 e. The fourth-order valence-corrected chi connectivity index (χ4v) is 5.15. The first-order valence-corrected chi connectivity index (χ1v) is 14.4. The van der Waals surface area contributed by atoms with E-state index in [2.05, 4.69) is 16.0 Å². The average molecular weight is 621 g/mol. The summed E-state index contributed by atoms with van der Waals surface area (Å²) in [6.45, 7) is 1.79. The number of thioether (sulfide) groups is 1. The summed E-state index contributed by atoms with van der Waals surface area (Å²) < 4.78 is 5.20. The summed E-state index contributed by atoms with van der Waals surface area (Å²) in [5.41, 5.74) is 2.22. The van der Waals surface area contributed by atoms with Crippen molar-refractivity contribution in [3.05, 3.63) is 124 Å². The minimum Gasteiger partial charge on any atom is -0.497 e. The van der Waals surface area contributed by atoms with E-state index in [1.165, 1.54) is 11.8 Å². The van der Waals surface area contributed by atoms with Gasteiger partial charge in [0.05, 0.1) is 12.4 Å². The van der Waals surface area contributed by atoms with E-state index in [1.54, 1.807) is 111 Å². The second kappa shape index (κ2) is 14.6. The number of halogens is 2. The predicted molar refractivity (Wildman–Crippen MR) is 170 cm³/mol. The normalized spacial score (nSPS) is 11.8. The second-order valence-electron chi connectivity index (χ2n) is 9.04. The fraction of sp³-hybridized carbons (Fsp3) is 0.0938.